The van der Waals surface area contributed by atoms with Crippen molar-refractivity contribution >= 4 is 46.9 Å². The smallest absolute Gasteiger partial charge is 0.188 e. The van der Waals surface area contributed by atoms with Gasteiger partial charge in [0.1, 0.15) is 6.23 Å². The fraction of sp³-hybridized carbons (Fsp3) is 0.267. The molecule has 1 unspecified atom stereocenters. The molecule has 4 rings (SSSR count). The zero-order chi connectivity index (χ0) is 15.8. The van der Waals surface area contributed by atoms with E-state index in [-0.39, 0.29) is 6.23 Å². The number of nitrogens with zero attached hydrogens (tertiary/aromatic N) is 4. The first-order chi connectivity index (χ1) is 11.2. The lowest BCUT2D eigenvalue weighted by Gasteiger charge is -2.12. The Morgan fingerprint density at radius 1 is 1.30 bits per heavy atom. The summed E-state index contributed by atoms with van der Waals surface area (Å²) in [6.07, 6.45) is 3.69. The highest BCUT2D eigenvalue weighted by Gasteiger charge is 2.22. The van der Waals surface area contributed by atoms with Crippen molar-refractivity contribution in [1.29, 1.82) is 0 Å². The fourth-order valence-electron chi connectivity index (χ4n) is 2.67. The lowest BCUT2D eigenvalue weighted by Crippen LogP contribution is -2.07. The summed E-state index contributed by atoms with van der Waals surface area (Å²) in [7, 11) is 0. The maximum absolute atomic E-state index is 6.20. The van der Waals surface area contributed by atoms with E-state index in [9.17, 15) is 0 Å². The second-order valence-corrected chi connectivity index (χ2v) is 6.08. The first-order valence-electron chi connectivity index (χ1n) is 7.29. The number of imidazole rings is 1. The van der Waals surface area contributed by atoms with Gasteiger partial charge in [0.2, 0.25) is 0 Å². The summed E-state index contributed by atoms with van der Waals surface area (Å²) in [4.78, 5) is 13.2. The van der Waals surface area contributed by atoms with Crippen LogP contribution in [0.15, 0.2) is 35.7 Å². The van der Waals surface area contributed by atoms with Crippen molar-refractivity contribution < 1.29 is 4.74 Å². The van der Waals surface area contributed by atoms with E-state index in [0.29, 0.717) is 27.2 Å². The van der Waals surface area contributed by atoms with Crippen LogP contribution in [-0.4, -0.2) is 26.1 Å². The Hall–Kier alpha value is -1.83. The summed E-state index contributed by atoms with van der Waals surface area (Å²) >= 11 is 10.5. The maximum Gasteiger partial charge on any atom is 0.188 e. The maximum atomic E-state index is 6.20. The topological polar surface area (TPSA) is 64.9 Å². The molecule has 23 heavy (non-hydrogen) atoms. The van der Waals surface area contributed by atoms with E-state index in [1.807, 2.05) is 28.8 Å². The van der Waals surface area contributed by atoms with Crippen molar-refractivity contribution in [2.24, 2.45) is 0 Å². The molecule has 1 aromatic carbocycles. The standard InChI is InChI=1S/C15H14ClN5OS/c16-9-4-1-2-5-10(9)18-13-12-14(20-15(23)19-13)21(8-17-12)11-6-3-7-22-11/h1-2,4-5,8,11H,3,6-7H2,(H2,18,19,20,23). The first kappa shape index (κ1) is 14.7. The van der Waals surface area contributed by atoms with Gasteiger partial charge in [-0.1, -0.05) is 23.7 Å². The molecule has 0 amide bonds. The summed E-state index contributed by atoms with van der Waals surface area (Å²) < 4.78 is 7.65. The van der Waals surface area contributed by atoms with Gasteiger partial charge < -0.3 is 10.1 Å². The van der Waals surface area contributed by atoms with Crippen LogP contribution in [0.5, 0.6) is 0 Å². The third kappa shape index (κ3) is 2.75. The quantitative estimate of drug-likeness (QED) is 0.557. The molecule has 118 valence electrons. The summed E-state index contributed by atoms with van der Waals surface area (Å²) in [5.74, 6) is 0.574. The highest BCUT2D eigenvalue weighted by molar-refractivity contribution is 7.80. The Morgan fingerprint density at radius 3 is 2.96 bits per heavy atom. The molecule has 2 aromatic heterocycles. The highest BCUT2D eigenvalue weighted by atomic mass is 35.5. The van der Waals surface area contributed by atoms with Gasteiger partial charge in [-0.3, -0.25) is 4.57 Å². The van der Waals surface area contributed by atoms with Crippen LogP contribution in [0.1, 0.15) is 19.1 Å². The molecule has 0 radical (unpaired) electrons. The van der Waals surface area contributed by atoms with Crippen LogP contribution in [0.25, 0.3) is 11.2 Å². The average molecular weight is 348 g/mol. The molecule has 0 spiro atoms. The van der Waals surface area contributed by atoms with Gasteiger partial charge in [0.25, 0.3) is 0 Å². The lowest BCUT2D eigenvalue weighted by molar-refractivity contribution is 0.0592. The Balaban J connectivity index is 1.79. The molecule has 1 aliphatic rings. The number of thiol groups is 1. The Morgan fingerprint density at radius 2 is 2.17 bits per heavy atom. The average Bonchev–Trinajstić information content (AvgIpc) is 3.18. The van der Waals surface area contributed by atoms with E-state index in [1.165, 1.54) is 0 Å². The summed E-state index contributed by atoms with van der Waals surface area (Å²) in [5, 5.41) is 4.19. The predicted octanol–water partition coefficient (Wildman–Crippen LogP) is 3.82. The first-order valence-corrected chi connectivity index (χ1v) is 8.11. The van der Waals surface area contributed by atoms with E-state index in [4.69, 9.17) is 16.3 Å². The SMILES string of the molecule is Sc1nc(Nc2ccccc2Cl)c2ncn(C3CCCO3)c2n1. The number of ether oxygens (including phenoxy) is 1. The fourth-order valence-corrected chi connectivity index (χ4v) is 3.05. The van der Waals surface area contributed by atoms with Gasteiger partial charge in [0, 0.05) is 6.61 Å². The molecule has 1 aliphatic heterocycles. The molecule has 1 fully saturated rings. The van der Waals surface area contributed by atoms with E-state index in [1.54, 1.807) is 6.33 Å². The van der Waals surface area contributed by atoms with Crippen LogP contribution in [0.2, 0.25) is 5.02 Å². The molecule has 8 heteroatoms. The van der Waals surface area contributed by atoms with E-state index < -0.39 is 0 Å². The molecule has 0 bridgehead atoms. The summed E-state index contributed by atoms with van der Waals surface area (Å²) in [5.41, 5.74) is 2.12. The minimum absolute atomic E-state index is 0.0317. The molecule has 1 atom stereocenters. The summed E-state index contributed by atoms with van der Waals surface area (Å²) in [6, 6.07) is 7.47. The van der Waals surface area contributed by atoms with Crippen LogP contribution in [0.4, 0.5) is 11.5 Å². The van der Waals surface area contributed by atoms with Crippen LogP contribution < -0.4 is 5.32 Å². The Labute approximate surface area is 143 Å². The monoisotopic (exact) mass is 347 g/mol. The molecule has 3 heterocycles. The number of anilines is 2. The number of para-hydroxylation sites is 1. The minimum Gasteiger partial charge on any atom is -0.358 e. The van der Waals surface area contributed by atoms with Crippen LogP contribution >= 0.6 is 24.2 Å². The lowest BCUT2D eigenvalue weighted by atomic mass is 10.3. The largest absolute Gasteiger partial charge is 0.358 e. The van der Waals surface area contributed by atoms with Gasteiger partial charge in [-0.05, 0) is 25.0 Å². The zero-order valence-electron chi connectivity index (χ0n) is 12.1. The van der Waals surface area contributed by atoms with Crippen LogP contribution in [0, 0.1) is 0 Å². The number of benzene rings is 1. The van der Waals surface area contributed by atoms with Gasteiger partial charge >= 0.3 is 0 Å². The predicted molar refractivity (Wildman–Crippen MR) is 91.5 cm³/mol. The third-order valence-corrected chi connectivity index (χ3v) is 4.28. The zero-order valence-corrected chi connectivity index (χ0v) is 13.8. The molecular weight excluding hydrogens is 334 g/mol. The van der Waals surface area contributed by atoms with Crippen molar-refractivity contribution in [2.75, 3.05) is 11.9 Å². The number of fused-ring (bicyclic) bond motifs is 1. The van der Waals surface area contributed by atoms with Gasteiger partial charge in [-0.2, -0.15) is 0 Å². The van der Waals surface area contributed by atoms with Gasteiger partial charge in [0.15, 0.2) is 22.1 Å². The molecule has 3 aromatic rings. The second kappa shape index (κ2) is 5.99. The molecule has 1 N–H and O–H groups in total. The Kier molecular flexibility index (Phi) is 3.84. The number of hydrogen-bond donors (Lipinski definition) is 2. The molecular formula is C15H14ClN5OS. The van der Waals surface area contributed by atoms with Crippen molar-refractivity contribution in [3.8, 4) is 0 Å². The summed E-state index contributed by atoms with van der Waals surface area (Å²) in [6.45, 7) is 0.758. The third-order valence-electron chi connectivity index (χ3n) is 3.75. The van der Waals surface area contributed by atoms with Crippen LogP contribution in [0.3, 0.4) is 0 Å². The molecule has 6 nitrogen and oxygen atoms in total. The van der Waals surface area contributed by atoms with Gasteiger partial charge in [0.05, 0.1) is 17.0 Å². The molecule has 0 aliphatic carbocycles. The van der Waals surface area contributed by atoms with Crippen molar-refractivity contribution in [3.05, 3.63) is 35.6 Å². The number of rotatable bonds is 3. The number of nitrogens with one attached hydrogen (secondary N) is 1. The van der Waals surface area contributed by atoms with Gasteiger partial charge in [-0.15, -0.1) is 12.6 Å². The second-order valence-electron chi connectivity index (χ2n) is 5.27. The van der Waals surface area contributed by atoms with E-state index in [0.717, 1.165) is 25.1 Å². The normalized spacial score (nSPS) is 17.7. The number of halogens is 1. The van der Waals surface area contributed by atoms with E-state index in [2.05, 4.69) is 32.9 Å². The van der Waals surface area contributed by atoms with Crippen molar-refractivity contribution in [3.63, 3.8) is 0 Å². The Bertz CT molecular complexity index is 862. The van der Waals surface area contributed by atoms with Gasteiger partial charge in [-0.25, -0.2) is 15.0 Å². The van der Waals surface area contributed by atoms with E-state index >= 15 is 0 Å². The molecule has 1 saturated heterocycles. The highest BCUT2D eigenvalue weighted by Crippen LogP contribution is 2.31. The molecule has 0 saturated carbocycles. The van der Waals surface area contributed by atoms with Crippen molar-refractivity contribution in [1.82, 2.24) is 19.5 Å². The number of hydrogen-bond acceptors (Lipinski definition) is 6. The van der Waals surface area contributed by atoms with Crippen molar-refractivity contribution in [2.45, 2.75) is 24.2 Å². The minimum atomic E-state index is -0.0317. The van der Waals surface area contributed by atoms with Crippen LogP contribution in [-0.2, 0) is 4.74 Å². The number of aromatic nitrogens is 4.